The fraction of sp³-hybridized carbons (Fsp3) is 0.333. The van der Waals surface area contributed by atoms with Gasteiger partial charge in [0.15, 0.2) is 0 Å². The molecule has 0 bridgehead atoms. The molecule has 0 amide bonds. The molecule has 0 aliphatic heterocycles. The van der Waals surface area contributed by atoms with E-state index in [0.29, 0.717) is 0 Å². The largest absolute Gasteiger partial charge is 0.178 e. The third kappa shape index (κ3) is 2.97. The highest BCUT2D eigenvalue weighted by Crippen LogP contribution is 2.19. The molecule has 0 radical (unpaired) electrons. The van der Waals surface area contributed by atoms with Crippen molar-refractivity contribution in [3.63, 3.8) is 0 Å². The molecule has 1 rings (SSSR count). The van der Waals surface area contributed by atoms with Crippen LogP contribution in [0.25, 0.3) is 0 Å². The number of hydrogen-bond donors (Lipinski definition) is 1. The Bertz CT molecular complexity index is 362. The van der Waals surface area contributed by atoms with Gasteiger partial charge in [0.05, 0.1) is 0 Å². The highest BCUT2D eigenvalue weighted by atomic mass is 35.5. The summed E-state index contributed by atoms with van der Waals surface area (Å²) in [6.45, 7) is 4.06. The maximum Gasteiger partial charge on any atom is 0.0412 e. The Morgan fingerprint density at radius 1 is 1.29 bits per heavy atom. The van der Waals surface area contributed by atoms with Gasteiger partial charge >= 0.3 is 0 Å². The van der Waals surface area contributed by atoms with E-state index >= 15 is 0 Å². The maximum atomic E-state index is 5.92. The van der Waals surface area contributed by atoms with Gasteiger partial charge in [0.25, 0.3) is 0 Å². The molecule has 1 aromatic carbocycles. The molecule has 0 saturated heterocycles. The lowest BCUT2D eigenvalue weighted by molar-refractivity contribution is 1.30. The predicted octanol–water partition coefficient (Wildman–Crippen LogP) is 3.63. The average Bonchev–Trinajstić information content (AvgIpc) is 2.09. The molecule has 0 unspecified atom stereocenters. The highest BCUT2D eigenvalue weighted by Gasteiger charge is 2.00. The van der Waals surface area contributed by atoms with Crippen LogP contribution in [-0.2, 0) is 0 Å². The van der Waals surface area contributed by atoms with Crippen LogP contribution < -0.4 is 0 Å². The molecule has 74 valence electrons. The first-order valence-corrected chi connectivity index (χ1v) is 5.52. The molecule has 0 aromatic heterocycles. The Hall–Kier alpha value is -0.580. The quantitative estimate of drug-likeness (QED) is 0.547. The standard InChI is InChI=1S/C12H13ClS/c1-9-7-11(13)8-10(2)12(9)5-3-4-6-14/h7-8,14H,4,6H2,1-2H3. The van der Waals surface area contributed by atoms with Crippen molar-refractivity contribution in [2.24, 2.45) is 0 Å². The van der Waals surface area contributed by atoms with Crippen molar-refractivity contribution in [2.45, 2.75) is 20.3 Å². The summed E-state index contributed by atoms with van der Waals surface area (Å²) in [6.07, 6.45) is 0.824. The Morgan fingerprint density at radius 3 is 2.36 bits per heavy atom. The second kappa shape index (κ2) is 5.34. The van der Waals surface area contributed by atoms with E-state index in [-0.39, 0.29) is 0 Å². The summed E-state index contributed by atoms with van der Waals surface area (Å²) in [5, 5.41) is 0.778. The first-order valence-electron chi connectivity index (χ1n) is 4.51. The van der Waals surface area contributed by atoms with E-state index < -0.39 is 0 Å². The second-order valence-electron chi connectivity index (χ2n) is 3.19. The lowest BCUT2D eigenvalue weighted by Gasteiger charge is -2.03. The molecule has 0 atom stereocenters. The first kappa shape index (κ1) is 11.5. The lowest BCUT2D eigenvalue weighted by atomic mass is 10.0. The molecule has 0 aliphatic rings. The SMILES string of the molecule is Cc1cc(Cl)cc(C)c1C#CCCS. The Morgan fingerprint density at radius 2 is 1.86 bits per heavy atom. The normalized spacial score (nSPS) is 9.43. The van der Waals surface area contributed by atoms with Crippen molar-refractivity contribution in [1.82, 2.24) is 0 Å². The number of hydrogen-bond acceptors (Lipinski definition) is 1. The van der Waals surface area contributed by atoms with Crippen molar-refractivity contribution in [3.05, 3.63) is 33.8 Å². The van der Waals surface area contributed by atoms with Gasteiger partial charge in [-0.15, -0.1) is 0 Å². The van der Waals surface area contributed by atoms with Crippen LogP contribution in [0.2, 0.25) is 5.02 Å². The smallest absolute Gasteiger partial charge is 0.0412 e. The zero-order valence-electron chi connectivity index (χ0n) is 8.39. The van der Waals surface area contributed by atoms with Crippen LogP contribution in [0.15, 0.2) is 12.1 Å². The van der Waals surface area contributed by atoms with E-state index in [1.165, 1.54) is 0 Å². The van der Waals surface area contributed by atoms with Gasteiger partial charge < -0.3 is 0 Å². The van der Waals surface area contributed by atoms with Crippen molar-refractivity contribution in [3.8, 4) is 11.8 Å². The van der Waals surface area contributed by atoms with Crippen molar-refractivity contribution < 1.29 is 0 Å². The minimum Gasteiger partial charge on any atom is -0.178 e. The number of benzene rings is 1. The molecule has 0 aliphatic carbocycles. The van der Waals surface area contributed by atoms with Crippen molar-refractivity contribution in [2.75, 3.05) is 5.75 Å². The minimum atomic E-state index is 0.778. The summed E-state index contributed by atoms with van der Waals surface area (Å²) in [4.78, 5) is 0. The first-order chi connectivity index (χ1) is 6.65. The molecule has 2 heteroatoms. The topological polar surface area (TPSA) is 0 Å². The Kier molecular flexibility index (Phi) is 4.38. The van der Waals surface area contributed by atoms with Crippen molar-refractivity contribution >= 4 is 24.2 Å². The molecule has 0 fully saturated rings. The van der Waals surface area contributed by atoms with Crippen LogP contribution in [0.4, 0.5) is 0 Å². The van der Waals surface area contributed by atoms with Crippen LogP contribution in [0.3, 0.4) is 0 Å². The number of halogens is 1. The highest BCUT2D eigenvalue weighted by molar-refractivity contribution is 7.80. The number of rotatable bonds is 1. The van der Waals surface area contributed by atoms with Crippen molar-refractivity contribution in [1.29, 1.82) is 0 Å². The fourth-order valence-electron chi connectivity index (χ4n) is 1.31. The average molecular weight is 225 g/mol. The zero-order chi connectivity index (χ0) is 10.6. The summed E-state index contributed by atoms with van der Waals surface area (Å²) >= 11 is 10.0. The predicted molar refractivity (Wildman–Crippen MR) is 66.3 cm³/mol. The molecule has 0 spiro atoms. The fourth-order valence-corrected chi connectivity index (χ4v) is 1.75. The minimum absolute atomic E-state index is 0.778. The molecular weight excluding hydrogens is 212 g/mol. The van der Waals surface area contributed by atoms with E-state index in [4.69, 9.17) is 11.6 Å². The van der Waals surface area contributed by atoms with Gasteiger partial charge in [-0.05, 0) is 37.1 Å². The van der Waals surface area contributed by atoms with Crippen LogP contribution >= 0.6 is 24.2 Å². The maximum absolute atomic E-state index is 5.92. The molecule has 0 saturated carbocycles. The molecule has 14 heavy (non-hydrogen) atoms. The molecule has 0 nitrogen and oxygen atoms in total. The molecule has 0 heterocycles. The van der Waals surface area contributed by atoms with E-state index in [0.717, 1.165) is 33.9 Å². The molecular formula is C12H13ClS. The van der Waals surface area contributed by atoms with Gasteiger partial charge in [-0.1, -0.05) is 23.4 Å². The lowest BCUT2D eigenvalue weighted by Crippen LogP contribution is -1.87. The van der Waals surface area contributed by atoms with E-state index in [2.05, 4.69) is 24.5 Å². The summed E-state index contributed by atoms with van der Waals surface area (Å²) in [5.74, 6) is 7.04. The Balaban J connectivity index is 3.04. The summed E-state index contributed by atoms with van der Waals surface area (Å²) < 4.78 is 0. The molecule has 1 aromatic rings. The second-order valence-corrected chi connectivity index (χ2v) is 4.07. The van der Waals surface area contributed by atoms with Gasteiger partial charge in [0.2, 0.25) is 0 Å². The van der Waals surface area contributed by atoms with E-state index in [1.54, 1.807) is 0 Å². The van der Waals surface area contributed by atoms with Crippen LogP contribution in [0, 0.1) is 25.7 Å². The summed E-state index contributed by atoms with van der Waals surface area (Å²) in [5.41, 5.74) is 3.37. The van der Waals surface area contributed by atoms with Gasteiger partial charge in [0.1, 0.15) is 0 Å². The summed E-state index contributed by atoms with van der Waals surface area (Å²) in [7, 11) is 0. The van der Waals surface area contributed by atoms with Gasteiger partial charge in [-0.25, -0.2) is 0 Å². The van der Waals surface area contributed by atoms with Gasteiger partial charge in [0, 0.05) is 22.8 Å². The van der Waals surface area contributed by atoms with Crippen LogP contribution in [0.5, 0.6) is 0 Å². The third-order valence-electron chi connectivity index (χ3n) is 1.95. The third-order valence-corrected chi connectivity index (χ3v) is 2.39. The Labute approximate surface area is 96.1 Å². The van der Waals surface area contributed by atoms with Gasteiger partial charge in [-0.3, -0.25) is 0 Å². The number of thiol groups is 1. The van der Waals surface area contributed by atoms with Gasteiger partial charge in [-0.2, -0.15) is 12.6 Å². The summed E-state index contributed by atoms with van der Waals surface area (Å²) in [6, 6.07) is 3.89. The van der Waals surface area contributed by atoms with E-state index in [9.17, 15) is 0 Å². The van der Waals surface area contributed by atoms with Crippen LogP contribution in [-0.4, -0.2) is 5.75 Å². The van der Waals surface area contributed by atoms with Crippen LogP contribution in [0.1, 0.15) is 23.1 Å². The zero-order valence-corrected chi connectivity index (χ0v) is 10.0. The number of aryl methyl sites for hydroxylation is 2. The monoisotopic (exact) mass is 224 g/mol. The molecule has 0 N–H and O–H groups in total. The van der Waals surface area contributed by atoms with E-state index in [1.807, 2.05) is 26.0 Å².